The summed E-state index contributed by atoms with van der Waals surface area (Å²) in [6.07, 6.45) is 3.19. The van der Waals surface area contributed by atoms with E-state index in [0.29, 0.717) is 23.9 Å². The summed E-state index contributed by atoms with van der Waals surface area (Å²) < 4.78 is 18.4. The number of rotatable bonds is 6. The number of pyridine rings is 2. The molecule has 8 heteroatoms. The third kappa shape index (κ3) is 5.16. The minimum absolute atomic E-state index is 0.337. The molecule has 0 radical (unpaired) electrons. The van der Waals surface area contributed by atoms with Gasteiger partial charge in [0.1, 0.15) is 17.4 Å². The lowest BCUT2D eigenvalue weighted by Gasteiger charge is -2.16. The summed E-state index contributed by atoms with van der Waals surface area (Å²) in [5.41, 5.74) is 1.42. The standard InChI is InChI=1S/C20H20FN5O2/c1-26(2)19-14(4-3-11-22-19)12-24-20(27)25-16-7-10-18(23-13-16)28-17-8-5-15(21)6-9-17/h3-11,13H,12H2,1-2H3,(H2,24,25,27). The summed E-state index contributed by atoms with van der Waals surface area (Å²) in [6, 6.07) is 12.3. The van der Waals surface area contributed by atoms with Gasteiger partial charge < -0.3 is 20.3 Å². The van der Waals surface area contributed by atoms with E-state index in [1.807, 2.05) is 31.1 Å². The number of hydrogen-bond donors (Lipinski definition) is 2. The minimum atomic E-state index is -0.359. The lowest BCUT2D eigenvalue weighted by atomic mass is 10.2. The van der Waals surface area contributed by atoms with Crippen LogP contribution in [0.1, 0.15) is 5.56 Å². The van der Waals surface area contributed by atoms with Crippen LogP contribution in [-0.4, -0.2) is 30.1 Å². The molecule has 0 aliphatic heterocycles. The van der Waals surface area contributed by atoms with E-state index >= 15 is 0 Å². The molecule has 0 saturated carbocycles. The van der Waals surface area contributed by atoms with Crippen LogP contribution in [0.15, 0.2) is 60.9 Å². The molecule has 28 heavy (non-hydrogen) atoms. The molecule has 0 aliphatic carbocycles. The van der Waals surface area contributed by atoms with Crippen molar-refractivity contribution in [3.8, 4) is 11.6 Å². The van der Waals surface area contributed by atoms with Gasteiger partial charge in [-0.25, -0.2) is 19.2 Å². The molecule has 1 aromatic carbocycles. The molecule has 0 atom stereocenters. The fourth-order valence-electron chi connectivity index (χ4n) is 2.46. The molecule has 2 heterocycles. The number of ether oxygens (including phenoxy) is 1. The van der Waals surface area contributed by atoms with Crippen LogP contribution >= 0.6 is 0 Å². The highest BCUT2D eigenvalue weighted by Crippen LogP contribution is 2.20. The van der Waals surface area contributed by atoms with Crippen molar-refractivity contribution in [3.63, 3.8) is 0 Å². The highest BCUT2D eigenvalue weighted by atomic mass is 19.1. The molecule has 3 rings (SSSR count). The summed E-state index contributed by atoms with van der Waals surface area (Å²) >= 11 is 0. The molecule has 0 unspecified atom stereocenters. The zero-order chi connectivity index (χ0) is 19.9. The quantitative estimate of drug-likeness (QED) is 0.679. The van der Waals surface area contributed by atoms with Crippen molar-refractivity contribution >= 4 is 17.5 Å². The van der Waals surface area contributed by atoms with E-state index < -0.39 is 0 Å². The first-order chi connectivity index (χ1) is 13.5. The van der Waals surface area contributed by atoms with E-state index in [1.54, 1.807) is 18.3 Å². The molecule has 0 saturated heterocycles. The maximum absolute atomic E-state index is 12.9. The van der Waals surface area contributed by atoms with Crippen molar-refractivity contribution < 1.29 is 13.9 Å². The number of halogens is 1. The highest BCUT2D eigenvalue weighted by Gasteiger charge is 2.08. The highest BCUT2D eigenvalue weighted by molar-refractivity contribution is 5.89. The molecule has 0 aliphatic rings. The average Bonchev–Trinajstić information content (AvgIpc) is 2.70. The molecule has 2 N–H and O–H groups in total. The molecule has 0 fully saturated rings. The first-order valence-electron chi connectivity index (χ1n) is 8.57. The summed E-state index contributed by atoms with van der Waals surface area (Å²) in [5.74, 6) is 1.27. The van der Waals surface area contributed by atoms with Crippen molar-refractivity contribution in [2.45, 2.75) is 6.54 Å². The summed E-state index contributed by atoms with van der Waals surface area (Å²) in [6.45, 7) is 0.340. The Kier molecular flexibility index (Phi) is 6.01. The molecule has 144 valence electrons. The number of carbonyl (C=O) groups excluding carboxylic acids is 1. The molecule has 7 nitrogen and oxygen atoms in total. The molecular weight excluding hydrogens is 361 g/mol. The maximum Gasteiger partial charge on any atom is 0.319 e. The number of hydrogen-bond acceptors (Lipinski definition) is 5. The SMILES string of the molecule is CN(C)c1ncccc1CNC(=O)Nc1ccc(Oc2ccc(F)cc2)nc1. The predicted octanol–water partition coefficient (Wildman–Crippen LogP) is 3.80. The van der Waals surface area contributed by atoms with Crippen LogP contribution in [0.2, 0.25) is 0 Å². The van der Waals surface area contributed by atoms with E-state index in [1.165, 1.54) is 30.5 Å². The summed E-state index contributed by atoms with van der Waals surface area (Å²) in [7, 11) is 3.79. The smallest absolute Gasteiger partial charge is 0.319 e. The van der Waals surface area contributed by atoms with Crippen LogP contribution in [0.5, 0.6) is 11.6 Å². The van der Waals surface area contributed by atoms with Gasteiger partial charge in [-0.15, -0.1) is 0 Å². The van der Waals surface area contributed by atoms with Crippen molar-refractivity contribution in [2.75, 3.05) is 24.3 Å². The number of nitrogens with one attached hydrogen (secondary N) is 2. The number of anilines is 2. The Morgan fingerprint density at radius 1 is 1.11 bits per heavy atom. The third-order valence-electron chi connectivity index (χ3n) is 3.76. The zero-order valence-electron chi connectivity index (χ0n) is 15.5. The second-order valence-corrected chi connectivity index (χ2v) is 6.13. The summed E-state index contributed by atoms with van der Waals surface area (Å²) in [4.78, 5) is 22.4. The van der Waals surface area contributed by atoms with Gasteiger partial charge in [0.2, 0.25) is 5.88 Å². The summed E-state index contributed by atoms with van der Waals surface area (Å²) in [5, 5.41) is 5.50. The number of nitrogens with zero attached hydrogens (tertiary/aromatic N) is 3. The lowest BCUT2D eigenvalue weighted by Crippen LogP contribution is -2.29. The fraction of sp³-hybridized carbons (Fsp3) is 0.150. The Hall–Kier alpha value is -3.68. The van der Waals surface area contributed by atoms with E-state index in [9.17, 15) is 9.18 Å². The number of urea groups is 1. The molecule has 2 aromatic heterocycles. The monoisotopic (exact) mass is 381 g/mol. The Bertz CT molecular complexity index is 930. The Labute approximate surface area is 162 Å². The van der Waals surface area contributed by atoms with E-state index in [-0.39, 0.29) is 11.8 Å². The maximum atomic E-state index is 12.9. The Morgan fingerprint density at radius 2 is 1.89 bits per heavy atom. The molecule has 3 aromatic rings. The van der Waals surface area contributed by atoms with Gasteiger partial charge in [0.05, 0.1) is 11.9 Å². The van der Waals surface area contributed by atoms with Crippen LogP contribution in [0.25, 0.3) is 0 Å². The third-order valence-corrected chi connectivity index (χ3v) is 3.76. The molecule has 0 bridgehead atoms. The number of benzene rings is 1. The van der Waals surface area contributed by atoms with Gasteiger partial charge in [-0.2, -0.15) is 0 Å². The van der Waals surface area contributed by atoms with Gasteiger partial charge >= 0.3 is 6.03 Å². The fourth-order valence-corrected chi connectivity index (χ4v) is 2.46. The van der Waals surface area contributed by atoms with Crippen molar-refractivity contribution in [1.29, 1.82) is 0 Å². The molecule has 0 spiro atoms. The van der Waals surface area contributed by atoms with Crippen LogP contribution < -0.4 is 20.3 Å². The van der Waals surface area contributed by atoms with Crippen LogP contribution in [0.3, 0.4) is 0 Å². The Balaban J connectivity index is 1.54. The van der Waals surface area contributed by atoms with Gasteiger partial charge in [-0.05, 0) is 36.4 Å². The van der Waals surface area contributed by atoms with Gasteiger partial charge in [-0.1, -0.05) is 6.07 Å². The lowest BCUT2D eigenvalue weighted by molar-refractivity contribution is 0.251. The van der Waals surface area contributed by atoms with Gasteiger partial charge in [0.15, 0.2) is 0 Å². The second kappa shape index (κ2) is 8.81. The van der Waals surface area contributed by atoms with Crippen LogP contribution in [-0.2, 0) is 6.54 Å². The Morgan fingerprint density at radius 3 is 2.57 bits per heavy atom. The van der Waals surface area contributed by atoms with Gasteiger partial charge in [0.25, 0.3) is 0 Å². The number of carbonyl (C=O) groups is 1. The van der Waals surface area contributed by atoms with Gasteiger partial charge in [0, 0.05) is 38.5 Å². The topological polar surface area (TPSA) is 79.4 Å². The van der Waals surface area contributed by atoms with E-state index in [0.717, 1.165) is 11.4 Å². The van der Waals surface area contributed by atoms with Crippen LogP contribution in [0, 0.1) is 5.82 Å². The first kappa shape index (κ1) is 19.1. The normalized spacial score (nSPS) is 10.2. The van der Waals surface area contributed by atoms with Gasteiger partial charge in [-0.3, -0.25) is 0 Å². The first-order valence-corrected chi connectivity index (χ1v) is 8.57. The van der Waals surface area contributed by atoms with Crippen molar-refractivity contribution in [1.82, 2.24) is 15.3 Å². The van der Waals surface area contributed by atoms with E-state index in [2.05, 4.69) is 20.6 Å². The predicted molar refractivity (Wildman–Crippen MR) is 105 cm³/mol. The second-order valence-electron chi connectivity index (χ2n) is 6.13. The van der Waals surface area contributed by atoms with Crippen molar-refractivity contribution in [3.05, 3.63) is 72.3 Å². The van der Waals surface area contributed by atoms with Crippen LogP contribution in [0.4, 0.5) is 20.7 Å². The number of aromatic nitrogens is 2. The average molecular weight is 381 g/mol. The van der Waals surface area contributed by atoms with E-state index in [4.69, 9.17) is 4.74 Å². The largest absolute Gasteiger partial charge is 0.439 e. The molecule has 2 amide bonds. The zero-order valence-corrected chi connectivity index (χ0v) is 15.5. The minimum Gasteiger partial charge on any atom is -0.439 e. The molecular formula is C20H20FN5O2. The van der Waals surface area contributed by atoms with Crippen molar-refractivity contribution in [2.24, 2.45) is 0 Å². The number of amides is 2.